The predicted octanol–water partition coefficient (Wildman–Crippen LogP) is 2.52. The van der Waals surface area contributed by atoms with E-state index in [0.29, 0.717) is 7.27 Å². The molecule has 66 valence electrons. The predicted molar refractivity (Wildman–Crippen MR) is 57.5 cm³/mol. The Bertz CT molecular complexity index is 350. The van der Waals surface area contributed by atoms with E-state index in [-0.39, 0.29) is 0 Å². The molecular weight excluding hydrogens is 394 g/mol. The van der Waals surface area contributed by atoms with E-state index in [2.05, 4.69) is 4.98 Å². The van der Waals surface area contributed by atoms with Gasteiger partial charge in [-0.3, -0.25) is 4.79 Å². The van der Waals surface area contributed by atoms with E-state index in [0.717, 1.165) is 6.20 Å². The Labute approximate surface area is 94.0 Å². The van der Waals surface area contributed by atoms with Gasteiger partial charge in [-0.15, -0.1) is 0 Å². The highest BCUT2D eigenvalue weighted by Crippen LogP contribution is 2.16. The first kappa shape index (κ1) is 10.4. The molecule has 0 saturated heterocycles. The zero-order chi connectivity index (χ0) is 9.30. The zero-order valence-electron chi connectivity index (χ0n) is 5.57. The number of rotatable bonds is 1. The van der Waals surface area contributed by atoms with Crippen LogP contribution in [0.15, 0.2) is 11.0 Å². The SMILES string of the molecule is O=c1c(C(F)F)c[nH]c(I)c1I. The van der Waals surface area contributed by atoms with Crippen LogP contribution in [0, 0.1) is 7.27 Å². The summed E-state index contributed by atoms with van der Waals surface area (Å²) in [6.07, 6.45) is -1.66. The highest BCUT2D eigenvalue weighted by Gasteiger charge is 2.14. The van der Waals surface area contributed by atoms with Gasteiger partial charge in [0.1, 0.15) is 0 Å². The number of pyridine rings is 1. The molecule has 0 amide bonds. The lowest BCUT2D eigenvalue weighted by atomic mass is 10.3. The smallest absolute Gasteiger partial charge is 0.269 e. The number of aromatic nitrogens is 1. The van der Waals surface area contributed by atoms with Crippen LogP contribution in [-0.2, 0) is 0 Å². The fourth-order valence-corrected chi connectivity index (χ4v) is 1.53. The molecule has 1 aromatic rings. The number of H-pyrrole nitrogens is 1. The van der Waals surface area contributed by atoms with Crippen LogP contribution in [0.25, 0.3) is 0 Å². The Kier molecular flexibility index (Phi) is 3.44. The van der Waals surface area contributed by atoms with Gasteiger partial charge in [-0.1, -0.05) is 0 Å². The normalized spacial score (nSPS) is 10.8. The first-order chi connectivity index (χ1) is 5.54. The molecule has 0 bridgehead atoms. The molecule has 0 aliphatic rings. The van der Waals surface area contributed by atoms with Crippen molar-refractivity contribution in [3.8, 4) is 0 Å². The molecule has 0 radical (unpaired) electrons. The summed E-state index contributed by atoms with van der Waals surface area (Å²) in [5, 5.41) is 0. The topological polar surface area (TPSA) is 32.9 Å². The van der Waals surface area contributed by atoms with Gasteiger partial charge in [0.25, 0.3) is 6.43 Å². The van der Waals surface area contributed by atoms with Crippen molar-refractivity contribution < 1.29 is 8.78 Å². The van der Waals surface area contributed by atoms with E-state index in [1.807, 2.05) is 22.6 Å². The van der Waals surface area contributed by atoms with Crippen molar-refractivity contribution in [3.63, 3.8) is 0 Å². The lowest BCUT2D eigenvalue weighted by Gasteiger charge is -2.00. The molecule has 0 unspecified atom stereocenters. The second-order valence-corrected chi connectivity index (χ2v) is 4.16. The standard InChI is InChI=1S/C6H3F2I2NO/c7-5(8)2-1-11-6(10)3(9)4(2)12/h1,5H,(H,11,12). The van der Waals surface area contributed by atoms with Gasteiger partial charge >= 0.3 is 0 Å². The quantitative estimate of drug-likeness (QED) is 0.574. The summed E-state index contributed by atoms with van der Waals surface area (Å²) >= 11 is 3.63. The molecule has 0 aromatic carbocycles. The van der Waals surface area contributed by atoms with Crippen LogP contribution < -0.4 is 5.43 Å². The molecule has 0 atom stereocenters. The van der Waals surface area contributed by atoms with Crippen molar-refractivity contribution in [2.45, 2.75) is 6.43 Å². The summed E-state index contributed by atoms with van der Waals surface area (Å²) < 4.78 is 25.1. The average Bonchev–Trinajstić information content (AvgIpc) is 2.00. The maximum absolute atomic E-state index is 12.1. The first-order valence-corrected chi connectivity index (χ1v) is 5.04. The van der Waals surface area contributed by atoms with E-state index in [1.54, 1.807) is 22.6 Å². The summed E-state index contributed by atoms with van der Waals surface area (Å²) in [7, 11) is 0. The van der Waals surface area contributed by atoms with Crippen LogP contribution in [0.4, 0.5) is 8.78 Å². The summed E-state index contributed by atoms with van der Waals surface area (Å²) in [5.74, 6) is 0. The highest BCUT2D eigenvalue weighted by atomic mass is 127. The minimum atomic E-state index is -2.71. The molecule has 1 aromatic heterocycles. The average molecular weight is 397 g/mol. The molecular formula is C6H3F2I2NO. The van der Waals surface area contributed by atoms with Crippen LogP contribution in [0.5, 0.6) is 0 Å². The number of halogens is 4. The summed E-state index contributed by atoms with van der Waals surface area (Å²) in [5.41, 5.74) is -1.06. The van der Waals surface area contributed by atoms with Crippen LogP contribution in [0.2, 0.25) is 0 Å². The highest BCUT2D eigenvalue weighted by molar-refractivity contribution is 14.1. The Morgan fingerprint density at radius 3 is 2.50 bits per heavy atom. The second kappa shape index (κ2) is 3.99. The van der Waals surface area contributed by atoms with Crippen LogP contribution in [0.1, 0.15) is 12.0 Å². The molecule has 0 fully saturated rings. The van der Waals surface area contributed by atoms with E-state index in [4.69, 9.17) is 0 Å². The van der Waals surface area contributed by atoms with Gasteiger partial charge < -0.3 is 4.98 Å². The Morgan fingerprint density at radius 1 is 1.42 bits per heavy atom. The van der Waals surface area contributed by atoms with Gasteiger partial charge in [-0.2, -0.15) is 0 Å². The molecule has 0 spiro atoms. The third-order valence-electron chi connectivity index (χ3n) is 1.24. The molecule has 0 aliphatic carbocycles. The van der Waals surface area contributed by atoms with Crippen molar-refractivity contribution >= 4 is 45.2 Å². The molecule has 6 heteroatoms. The maximum atomic E-state index is 12.1. The van der Waals surface area contributed by atoms with Crippen molar-refractivity contribution in [2.75, 3.05) is 0 Å². The lowest BCUT2D eigenvalue weighted by molar-refractivity contribution is 0.149. The van der Waals surface area contributed by atoms with Gasteiger partial charge in [0.15, 0.2) is 0 Å². The van der Waals surface area contributed by atoms with Crippen molar-refractivity contribution in [2.24, 2.45) is 0 Å². The molecule has 1 rings (SSSR count). The fourth-order valence-electron chi connectivity index (χ4n) is 0.659. The van der Waals surface area contributed by atoms with E-state index in [9.17, 15) is 13.6 Å². The number of nitrogens with one attached hydrogen (secondary N) is 1. The van der Waals surface area contributed by atoms with Crippen LogP contribution in [-0.4, -0.2) is 4.98 Å². The monoisotopic (exact) mass is 397 g/mol. The minimum absolute atomic E-state index is 0.311. The fraction of sp³-hybridized carbons (Fsp3) is 0.167. The summed E-state index contributed by atoms with van der Waals surface area (Å²) in [4.78, 5) is 13.7. The third kappa shape index (κ3) is 1.95. The second-order valence-electron chi connectivity index (χ2n) is 2.00. The number of hydrogen-bond acceptors (Lipinski definition) is 1. The number of hydrogen-bond donors (Lipinski definition) is 1. The first-order valence-electron chi connectivity index (χ1n) is 2.88. The van der Waals surface area contributed by atoms with E-state index >= 15 is 0 Å². The van der Waals surface area contributed by atoms with E-state index in [1.165, 1.54) is 0 Å². The molecule has 12 heavy (non-hydrogen) atoms. The molecule has 0 aliphatic heterocycles. The zero-order valence-corrected chi connectivity index (χ0v) is 9.89. The lowest BCUT2D eigenvalue weighted by Crippen LogP contribution is -2.14. The maximum Gasteiger partial charge on any atom is 0.269 e. The summed E-state index contributed by atoms with van der Waals surface area (Å²) in [6, 6.07) is 0. The Morgan fingerprint density at radius 2 is 2.00 bits per heavy atom. The number of alkyl halides is 2. The summed E-state index contributed by atoms with van der Waals surface area (Å²) in [6.45, 7) is 0. The largest absolute Gasteiger partial charge is 0.355 e. The van der Waals surface area contributed by atoms with Gasteiger partial charge in [-0.05, 0) is 45.2 Å². The minimum Gasteiger partial charge on any atom is -0.355 e. The van der Waals surface area contributed by atoms with Crippen LogP contribution >= 0.6 is 45.2 Å². The molecule has 0 saturated carbocycles. The molecule has 1 heterocycles. The van der Waals surface area contributed by atoms with Crippen molar-refractivity contribution in [1.29, 1.82) is 0 Å². The Balaban J connectivity index is 3.37. The number of aromatic amines is 1. The van der Waals surface area contributed by atoms with Crippen molar-refractivity contribution in [1.82, 2.24) is 4.98 Å². The van der Waals surface area contributed by atoms with Crippen molar-refractivity contribution in [3.05, 3.63) is 29.3 Å². The third-order valence-corrected chi connectivity index (χ3v) is 4.16. The van der Waals surface area contributed by atoms with Gasteiger partial charge in [0.2, 0.25) is 5.43 Å². The molecule has 2 nitrogen and oxygen atoms in total. The molecule has 1 N–H and O–H groups in total. The van der Waals surface area contributed by atoms with Gasteiger partial charge in [0, 0.05) is 6.20 Å². The van der Waals surface area contributed by atoms with Gasteiger partial charge in [-0.25, -0.2) is 8.78 Å². The van der Waals surface area contributed by atoms with Crippen LogP contribution in [0.3, 0.4) is 0 Å². The van der Waals surface area contributed by atoms with Gasteiger partial charge in [0.05, 0.1) is 12.8 Å². The Hall–Kier alpha value is 0.270. The van der Waals surface area contributed by atoms with E-state index < -0.39 is 17.4 Å².